The van der Waals surface area contributed by atoms with E-state index in [0.717, 1.165) is 35.4 Å². The van der Waals surface area contributed by atoms with Gasteiger partial charge in [0.15, 0.2) is 0 Å². The smallest absolute Gasteiger partial charge is 0.120 e. The second-order valence-corrected chi connectivity index (χ2v) is 6.93. The fourth-order valence-corrected chi connectivity index (χ4v) is 3.58. The molecule has 0 bridgehead atoms. The van der Waals surface area contributed by atoms with E-state index in [1.165, 1.54) is 16.8 Å². The molecule has 1 aromatic heterocycles. The molecule has 4 rings (SSSR count). The van der Waals surface area contributed by atoms with Crippen LogP contribution in [0.25, 0.3) is 0 Å². The number of hydrogen-bond acceptors (Lipinski definition) is 3. The van der Waals surface area contributed by atoms with Gasteiger partial charge >= 0.3 is 0 Å². The molecule has 3 nitrogen and oxygen atoms in total. The van der Waals surface area contributed by atoms with Crippen LogP contribution in [0.5, 0.6) is 5.75 Å². The fraction of sp³-hybridized carbons (Fsp3) is 0.250. The lowest BCUT2D eigenvalue weighted by Gasteiger charge is -2.22. The average molecular weight is 356 g/mol. The Morgan fingerprint density at radius 2 is 1.89 bits per heavy atom. The highest BCUT2D eigenvalue weighted by atomic mass is 16.5. The highest BCUT2D eigenvalue weighted by Gasteiger charge is 2.22. The van der Waals surface area contributed by atoms with Crippen molar-refractivity contribution < 1.29 is 4.74 Å². The Morgan fingerprint density at radius 3 is 2.70 bits per heavy atom. The molecule has 0 amide bonds. The first-order chi connectivity index (χ1) is 13.2. The first-order valence-corrected chi connectivity index (χ1v) is 9.52. The van der Waals surface area contributed by atoms with Crippen molar-refractivity contribution in [2.45, 2.75) is 39.3 Å². The quantitative estimate of drug-likeness (QED) is 0.626. The van der Waals surface area contributed by atoms with Crippen LogP contribution in [0, 0.1) is 6.92 Å². The van der Waals surface area contributed by atoms with E-state index in [1.807, 2.05) is 36.5 Å². The number of benzene rings is 2. The second-order valence-electron chi connectivity index (χ2n) is 6.93. The zero-order chi connectivity index (χ0) is 18.6. The van der Waals surface area contributed by atoms with Crippen molar-refractivity contribution in [1.82, 2.24) is 4.98 Å². The monoisotopic (exact) mass is 356 g/mol. The molecule has 2 aromatic carbocycles. The van der Waals surface area contributed by atoms with E-state index in [0.29, 0.717) is 6.61 Å². The molecule has 136 valence electrons. The van der Waals surface area contributed by atoms with Crippen LogP contribution in [0.1, 0.15) is 46.6 Å². The van der Waals surface area contributed by atoms with Gasteiger partial charge in [0, 0.05) is 23.9 Å². The Bertz CT molecular complexity index is 963. The summed E-state index contributed by atoms with van der Waals surface area (Å²) >= 11 is 0. The van der Waals surface area contributed by atoms with Crippen LogP contribution in [-0.4, -0.2) is 11.2 Å². The number of rotatable bonds is 5. The van der Waals surface area contributed by atoms with Gasteiger partial charge in [-0.3, -0.25) is 9.98 Å². The molecule has 1 aliphatic rings. The summed E-state index contributed by atoms with van der Waals surface area (Å²) in [6, 6.07) is 20.7. The van der Waals surface area contributed by atoms with Crippen molar-refractivity contribution >= 4 is 6.21 Å². The average Bonchev–Trinajstić information content (AvgIpc) is 2.72. The minimum Gasteiger partial charge on any atom is -0.489 e. The van der Waals surface area contributed by atoms with Gasteiger partial charge in [-0.2, -0.15) is 0 Å². The highest BCUT2D eigenvalue weighted by Crippen LogP contribution is 2.33. The topological polar surface area (TPSA) is 34.5 Å². The Balaban J connectivity index is 1.60. The highest BCUT2D eigenvalue weighted by molar-refractivity contribution is 5.66. The largest absolute Gasteiger partial charge is 0.489 e. The zero-order valence-corrected chi connectivity index (χ0v) is 15.9. The summed E-state index contributed by atoms with van der Waals surface area (Å²) in [7, 11) is 0. The SMILES string of the molecule is CCc1nc2c(cc1C)C(c1cccc(OCc3ccccc3)c1)N=CC2. The molecule has 2 heterocycles. The van der Waals surface area contributed by atoms with E-state index in [4.69, 9.17) is 14.7 Å². The number of pyridine rings is 1. The summed E-state index contributed by atoms with van der Waals surface area (Å²) < 4.78 is 6.00. The van der Waals surface area contributed by atoms with Crippen LogP contribution >= 0.6 is 0 Å². The van der Waals surface area contributed by atoms with Crippen molar-refractivity contribution in [3.8, 4) is 5.75 Å². The van der Waals surface area contributed by atoms with Gasteiger partial charge in [0.2, 0.25) is 0 Å². The van der Waals surface area contributed by atoms with Crippen molar-refractivity contribution in [1.29, 1.82) is 0 Å². The van der Waals surface area contributed by atoms with Crippen molar-refractivity contribution in [2.75, 3.05) is 0 Å². The number of ether oxygens (including phenoxy) is 1. The lowest BCUT2D eigenvalue weighted by atomic mass is 9.92. The van der Waals surface area contributed by atoms with Gasteiger partial charge in [-0.05, 0) is 48.2 Å². The van der Waals surface area contributed by atoms with Crippen molar-refractivity contribution in [3.63, 3.8) is 0 Å². The zero-order valence-electron chi connectivity index (χ0n) is 15.9. The van der Waals surface area contributed by atoms with Gasteiger partial charge in [0.25, 0.3) is 0 Å². The number of nitrogens with zero attached hydrogens (tertiary/aromatic N) is 2. The Labute approximate surface area is 160 Å². The molecule has 0 radical (unpaired) electrons. The number of hydrogen-bond donors (Lipinski definition) is 0. The Hall–Kier alpha value is -2.94. The summed E-state index contributed by atoms with van der Waals surface area (Å²) in [5.74, 6) is 0.869. The van der Waals surface area contributed by atoms with Crippen LogP contribution in [0.15, 0.2) is 65.7 Å². The normalized spacial score (nSPS) is 15.4. The first kappa shape index (κ1) is 17.5. The molecular formula is C24H24N2O. The van der Waals surface area contributed by atoms with Gasteiger partial charge in [0.05, 0.1) is 5.69 Å². The third kappa shape index (κ3) is 3.77. The number of fused-ring (bicyclic) bond motifs is 1. The third-order valence-corrected chi connectivity index (χ3v) is 5.02. The van der Waals surface area contributed by atoms with E-state index < -0.39 is 0 Å². The minimum absolute atomic E-state index is 0.00821. The molecule has 1 atom stereocenters. The molecule has 3 aromatic rings. The third-order valence-electron chi connectivity index (χ3n) is 5.02. The Kier molecular flexibility index (Phi) is 5.01. The Morgan fingerprint density at radius 1 is 1.04 bits per heavy atom. The molecule has 0 saturated carbocycles. The maximum atomic E-state index is 6.00. The predicted molar refractivity (Wildman–Crippen MR) is 110 cm³/mol. The van der Waals surface area contributed by atoms with Crippen LogP contribution in [0.3, 0.4) is 0 Å². The maximum Gasteiger partial charge on any atom is 0.120 e. The number of aliphatic imine (C=N–C) groups is 1. The lowest BCUT2D eigenvalue weighted by molar-refractivity contribution is 0.306. The van der Waals surface area contributed by atoms with Crippen LogP contribution in [-0.2, 0) is 19.4 Å². The van der Waals surface area contributed by atoms with Gasteiger partial charge in [-0.1, -0.05) is 49.4 Å². The van der Waals surface area contributed by atoms with E-state index >= 15 is 0 Å². The molecule has 0 aliphatic carbocycles. The molecule has 1 aliphatic heterocycles. The fourth-order valence-electron chi connectivity index (χ4n) is 3.58. The molecule has 1 unspecified atom stereocenters. The maximum absolute atomic E-state index is 6.00. The van der Waals surface area contributed by atoms with Crippen molar-refractivity contribution in [2.24, 2.45) is 4.99 Å². The van der Waals surface area contributed by atoms with E-state index in [1.54, 1.807) is 0 Å². The number of aryl methyl sites for hydroxylation is 2. The molecule has 0 spiro atoms. The first-order valence-electron chi connectivity index (χ1n) is 9.52. The van der Waals surface area contributed by atoms with Gasteiger partial charge in [-0.25, -0.2) is 0 Å². The van der Waals surface area contributed by atoms with Crippen molar-refractivity contribution in [3.05, 3.63) is 94.3 Å². The molecule has 0 fully saturated rings. The van der Waals surface area contributed by atoms with Gasteiger partial charge < -0.3 is 4.74 Å². The van der Waals surface area contributed by atoms with Crippen LogP contribution in [0.2, 0.25) is 0 Å². The predicted octanol–water partition coefficient (Wildman–Crippen LogP) is 5.25. The van der Waals surface area contributed by atoms with Gasteiger partial charge in [0.1, 0.15) is 18.4 Å². The lowest BCUT2D eigenvalue weighted by Crippen LogP contribution is -2.13. The van der Waals surface area contributed by atoms with Crippen LogP contribution in [0.4, 0.5) is 0 Å². The van der Waals surface area contributed by atoms with E-state index in [-0.39, 0.29) is 6.04 Å². The summed E-state index contributed by atoms with van der Waals surface area (Å²) in [6.45, 7) is 4.86. The standard InChI is InChI=1S/C24H24N2O/c1-3-22-17(2)14-21-23(26-22)12-13-25-24(21)19-10-7-11-20(15-19)27-16-18-8-5-4-6-9-18/h4-11,13-15,24H,3,12,16H2,1-2H3. The molecule has 27 heavy (non-hydrogen) atoms. The minimum atomic E-state index is -0.00821. The van der Waals surface area contributed by atoms with Crippen LogP contribution < -0.4 is 4.74 Å². The van der Waals surface area contributed by atoms with Gasteiger partial charge in [-0.15, -0.1) is 0 Å². The summed E-state index contributed by atoms with van der Waals surface area (Å²) in [5.41, 5.74) is 7.09. The molecular weight excluding hydrogens is 332 g/mol. The summed E-state index contributed by atoms with van der Waals surface area (Å²) in [4.78, 5) is 9.66. The summed E-state index contributed by atoms with van der Waals surface area (Å²) in [5, 5.41) is 0. The second kappa shape index (κ2) is 7.75. The molecule has 3 heteroatoms. The number of aromatic nitrogens is 1. The van der Waals surface area contributed by atoms with E-state index in [9.17, 15) is 0 Å². The summed E-state index contributed by atoms with van der Waals surface area (Å²) in [6.07, 6.45) is 3.76. The van der Waals surface area contributed by atoms with E-state index in [2.05, 4.69) is 44.2 Å². The molecule has 0 N–H and O–H groups in total. The molecule has 0 saturated heterocycles.